The highest BCUT2D eigenvalue weighted by atomic mass is 16.5. The molecule has 0 spiro atoms. The zero-order chi connectivity index (χ0) is 15.8. The Morgan fingerprint density at radius 2 is 2.05 bits per heavy atom. The number of aliphatic imine (C=N–C) groups is 1. The molecule has 0 aliphatic heterocycles. The fraction of sp³-hybridized carbons (Fsp3) is 0.250. The summed E-state index contributed by atoms with van der Waals surface area (Å²) in [5.41, 5.74) is 1.04. The molecule has 1 heterocycles. The third-order valence-corrected chi connectivity index (χ3v) is 2.98. The molecule has 0 aliphatic carbocycles. The van der Waals surface area contributed by atoms with Crippen LogP contribution in [0.15, 0.2) is 47.6 Å². The molecule has 116 valence electrons. The molecule has 0 radical (unpaired) electrons. The van der Waals surface area contributed by atoms with Gasteiger partial charge in [-0.2, -0.15) is 0 Å². The first-order chi connectivity index (χ1) is 10.7. The van der Waals surface area contributed by atoms with Gasteiger partial charge in [0.2, 0.25) is 5.88 Å². The molecule has 0 atom stereocenters. The van der Waals surface area contributed by atoms with E-state index in [9.17, 15) is 0 Å². The summed E-state index contributed by atoms with van der Waals surface area (Å²) in [6, 6.07) is 11.2. The van der Waals surface area contributed by atoms with Crippen molar-refractivity contribution in [2.45, 2.75) is 6.54 Å². The number of ether oxygens (including phenoxy) is 2. The molecule has 2 aromatic rings. The van der Waals surface area contributed by atoms with Crippen LogP contribution in [-0.4, -0.2) is 32.1 Å². The Labute approximate surface area is 130 Å². The zero-order valence-corrected chi connectivity index (χ0v) is 13.0. The van der Waals surface area contributed by atoms with Gasteiger partial charge in [-0.15, -0.1) is 0 Å². The van der Waals surface area contributed by atoms with Crippen molar-refractivity contribution in [2.24, 2.45) is 4.99 Å². The fourth-order valence-electron chi connectivity index (χ4n) is 1.83. The van der Waals surface area contributed by atoms with E-state index >= 15 is 0 Å². The van der Waals surface area contributed by atoms with Crippen molar-refractivity contribution in [3.63, 3.8) is 0 Å². The van der Waals surface area contributed by atoms with Gasteiger partial charge in [0.05, 0.1) is 7.11 Å². The predicted octanol–water partition coefficient (Wildman–Crippen LogP) is 2.18. The maximum atomic E-state index is 5.70. The molecule has 0 fully saturated rings. The van der Waals surface area contributed by atoms with Gasteiger partial charge in [0.15, 0.2) is 5.96 Å². The zero-order valence-electron chi connectivity index (χ0n) is 13.0. The van der Waals surface area contributed by atoms with E-state index in [1.807, 2.05) is 43.4 Å². The van der Waals surface area contributed by atoms with Crippen LogP contribution in [-0.2, 0) is 6.54 Å². The Morgan fingerprint density at radius 3 is 2.68 bits per heavy atom. The highest BCUT2D eigenvalue weighted by Gasteiger charge is 2.02. The second kappa shape index (κ2) is 7.87. The second-order valence-corrected chi connectivity index (χ2v) is 4.46. The van der Waals surface area contributed by atoms with Crippen LogP contribution in [0.3, 0.4) is 0 Å². The van der Waals surface area contributed by atoms with Crippen molar-refractivity contribution in [1.82, 2.24) is 15.6 Å². The first-order valence-corrected chi connectivity index (χ1v) is 6.90. The second-order valence-electron chi connectivity index (χ2n) is 4.46. The van der Waals surface area contributed by atoms with E-state index in [-0.39, 0.29) is 0 Å². The summed E-state index contributed by atoms with van der Waals surface area (Å²) >= 11 is 0. The van der Waals surface area contributed by atoms with Crippen LogP contribution in [0, 0.1) is 0 Å². The summed E-state index contributed by atoms with van der Waals surface area (Å²) in [6.07, 6.45) is 1.77. The van der Waals surface area contributed by atoms with Crippen molar-refractivity contribution >= 4 is 5.96 Å². The number of rotatable bonds is 5. The van der Waals surface area contributed by atoms with Gasteiger partial charge in [-0.25, -0.2) is 4.98 Å². The third-order valence-electron chi connectivity index (χ3n) is 2.98. The molecule has 0 amide bonds. The summed E-state index contributed by atoms with van der Waals surface area (Å²) in [6.45, 7) is 0.639. The van der Waals surface area contributed by atoms with E-state index in [0.717, 1.165) is 17.3 Å². The average Bonchev–Trinajstić information content (AvgIpc) is 2.57. The summed E-state index contributed by atoms with van der Waals surface area (Å²) < 4.78 is 10.9. The number of hydrogen-bond donors (Lipinski definition) is 2. The van der Waals surface area contributed by atoms with Crippen molar-refractivity contribution in [3.05, 3.63) is 48.2 Å². The number of guanidine groups is 1. The first kappa shape index (κ1) is 15.6. The van der Waals surface area contributed by atoms with E-state index in [4.69, 9.17) is 9.47 Å². The van der Waals surface area contributed by atoms with E-state index in [1.165, 1.54) is 0 Å². The van der Waals surface area contributed by atoms with Gasteiger partial charge in [-0.3, -0.25) is 4.99 Å². The minimum atomic E-state index is 0.537. The van der Waals surface area contributed by atoms with Gasteiger partial charge in [-0.05, 0) is 17.7 Å². The van der Waals surface area contributed by atoms with Gasteiger partial charge >= 0.3 is 0 Å². The largest absolute Gasteiger partial charge is 0.497 e. The molecule has 1 aromatic carbocycles. The molecule has 0 unspecified atom stereocenters. The molecular weight excluding hydrogens is 280 g/mol. The van der Waals surface area contributed by atoms with Crippen LogP contribution in [0.2, 0.25) is 0 Å². The number of methoxy groups -OCH3 is 1. The van der Waals surface area contributed by atoms with Crippen molar-refractivity contribution < 1.29 is 9.47 Å². The predicted molar refractivity (Wildman–Crippen MR) is 86.6 cm³/mol. The number of hydrogen-bond acceptors (Lipinski definition) is 4. The molecule has 0 aliphatic rings. The molecule has 0 saturated carbocycles. The molecule has 2 rings (SSSR count). The van der Waals surface area contributed by atoms with Gasteiger partial charge in [-0.1, -0.05) is 12.1 Å². The average molecular weight is 300 g/mol. The van der Waals surface area contributed by atoms with Gasteiger partial charge in [0.25, 0.3) is 0 Å². The molecule has 6 heteroatoms. The highest BCUT2D eigenvalue weighted by molar-refractivity contribution is 5.79. The minimum Gasteiger partial charge on any atom is -0.497 e. The van der Waals surface area contributed by atoms with Crippen LogP contribution in [0.1, 0.15) is 5.56 Å². The number of nitrogens with zero attached hydrogens (tertiary/aromatic N) is 2. The van der Waals surface area contributed by atoms with E-state index in [0.29, 0.717) is 18.2 Å². The molecular formula is C16H20N4O2. The maximum Gasteiger partial charge on any atom is 0.219 e. The minimum absolute atomic E-state index is 0.537. The number of pyridine rings is 1. The Bertz CT molecular complexity index is 626. The number of aromatic nitrogens is 1. The van der Waals surface area contributed by atoms with E-state index in [1.54, 1.807) is 20.4 Å². The first-order valence-electron chi connectivity index (χ1n) is 6.90. The van der Waals surface area contributed by atoms with Crippen LogP contribution in [0.25, 0.3) is 0 Å². The van der Waals surface area contributed by atoms with E-state index in [2.05, 4.69) is 20.6 Å². The lowest BCUT2D eigenvalue weighted by atomic mass is 10.3. The molecule has 22 heavy (non-hydrogen) atoms. The highest BCUT2D eigenvalue weighted by Crippen LogP contribution is 2.23. The summed E-state index contributed by atoms with van der Waals surface area (Å²) in [7, 11) is 5.17. The Kier molecular flexibility index (Phi) is 5.59. The van der Waals surface area contributed by atoms with Gasteiger partial charge in [0, 0.05) is 39.0 Å². The Hall–Kier alpha value is -2.76. The molecule has 0 bridgehead atoms. The lowest BCUT2D eigenvalue weighted by molar-refractivity contribution is 0.407. The van der Waals surface area contributed by atoms with Crippen LogP contribution in [0.4, 0.5) is 0 Å². The Morgan fingerprint density at radius 1 is 1.23 bits per heavy atom. The summed E-state index contributed by atoms with van der Waals surface area (Å²) in [5.74, 6) is 2.71. The van der Waals surface area contributed by atoms with Crippen LogP contribution < -0.4 is 20.1 Å². The summed E-state index contributed by atoms with van der Waals surface area (Å²) in [4.78, 5) is 8.34. The fourth-order valence-corrected chi connectivity index (χ4v) is 1.83. The number of nitrogens with one attached hydrogen (secondary N) is 2. The normalized spacial score (nSPS) is 11.0. The molecule has 1 aromatic heterocycles. The van der Waals surface area contributed by atoms with E-state index < -0.39 is 0 Å². The molecule has 0 saturated heterocycles. The topological polar surface area (TPSA) is 67.8 Å². The maximum absolute atomic E-state index is 5.70. The lowest BCUT2D eigenvalue weighted by Gasteiger charge is -2.09. The SMILES string of the molecule is CN=C(NC)NCc1ccc(Oc2cccc(OC)c2)nc1. The van der Waals surface area contributed by atoms with Crippen molar-refractivity contribution in [1.29, 1.82) is 0 Å². The monoisotopic (exact) mass is 300 g/mol. The molecule has 2 N–H and O–H groups in total. The van der Waals surface area contributed by atoms with Gasteiger partial charge in [0.1, 0.15) is 11.5 Å². The lowest BCUT2D eigenvalue weighted by Crippen LogP contribution is -2.34. The number of benzene rings is 1. The van der Waals surface area contributed by atoms with Crippen LogP contribution >= 0.6 is 0 Å². The van der Waals surface area contributed by atoms with Crippen LogP contribution in [0.5, 0.6) is 17.4 Å². The van der Waals surface area contributed by atoms with Crippen molar-refractivity contribution in [3.8, 4) is 17.4 Å². The van der Waals surface area contributed by atoms with Crippen molar-refractivity contribution in [2.75, 3.05) is 21.2 Å². The van der Waals surface area contributed by atoms with Gasteiger partial charge < -0.3 is 20.1 Å². The third kappa shape index (κ3) is 4.37. The smallest absolute Gasteiger partial charge is 0.219 e. The Balaban J connectivity index is 1.96. The summed E-state index contributed by atoms with van der Waals surface area (Å²) in [5, 5.41) is 6.12. The molecule has 6 nitrogen and oxygen atoms in total. The standard InChI is InChI=1S/C16H20N4O2/c1-17-16(18-2)20-11-12-7-8-15(19-10-12)22-14-6-4-5-13(9-14)21-3/h4-10H,11H2,1-3H3,(H2,17,18,20). The quantitative estimate of drug-likeness (QED) is 0.654.